The van der Waals surface area contributed by atoms with Crippen LogP contribution in [0.3, 0.4) is 0 Å². The molecule has 2 aromatic rings. The summed E-state index contributed by atoms with van der Waals surface area (Å²) in [6.07, 6.45) is 5.77. The second-order valence-electron chi connectivity index (χ2n) is 9.87. The van der Waals surface area contributed by atoms with Gasteiger partial charge in [0.05, 0.1) is 4.70 Å². The number of likely N-dealkylation sites (N-methyl/N-ethyl adjacent to an activating group) is 1. The van der Waals surface area contributed by atoms with E-state index in [9.17, 15) is 19.2 Å². The van der Waals surface area contributed by atoms with Gasteiger partial charge in [0.25, 0.3) is 11.8 Å². The Morgan fingerprint density at radius 1 is 0.973 bits per heavy atom. The third kappa shape index (κ3) is 5.07. The van der Waals surface area contributed by atoms with Gasteiger partial charge >= 0.3 is 6.09 Å². The zero-order valence-electron chi connectivity index (χ0n) is 21.3. The highest BCUT2D eigenvalue weighted by molar-refractivity contribution is 7.17. The molecule has 1 aromatic heterocycles. The van der Waals surface area contributed by atoms with Gasteiger partial charge in [-0.15, -0.1) is 11.3 Å². The van der Waals surface area contributed by atoms with Gasteiger partial charge in [0, 0.05) is 82.0 Å². The molecule has 4 amide bonds. The maximum atomic E-state index is 13.0. The van der Waals surface area contributed by atoms with Crippen LogP contribution in [-0.4, -0.2) is 84.8 Å². The van der Waals surface area contributed by atoms with E-state index in [2.05, 4.69) is 24.3 Å². The van der Waals surface area contributed by atoms with Crippen molar-refractivity contribution in [3.05, 3.63) is 34.7 Å². The summed E-state index contributed by atoms with van der Waals surface area (Å²) in [6.45, 7) is 5.29. The number of ether oxygens (including phenoxy) is 1. The topological polar surface area (TPSA) is 90.5 Å². The summed E-state index contributed by atoms with van der Waals surface area (Å²) >= 11 is 1.61. The fourth-order valence-electron chi connectivity index (χ4n) is 5.30. The number of imide groups is 1. The molecule has 0 unspecified atom stereocenters. The van der Waals surface area contributed by atoms with Crippen molar-refractivity contribution in [1.29, 1.82) is 0 Å². The Bertz CT molecular complexity index is 1260. The second-order valence-corrected chi connectivity index (χ2v) is 10.8. The highest BCUT2D eigenvalue weighted by Gasteiger charge is 2.28. The average molecular weight is 525 g/mol. The minimum Gasteiger partial charge on any atom is -0.409 e. The summed E-state index contributed by atoms with van der Waals surface area (Å²) in [5, 5.41) is 3.33. The van der Waals surface area contributed by atoms with Gasteiger partial charge in [-0.25, -0.2) is 4.79 Å². The van der Waals surface area contributed by atoms with Gasteiger partial charge in [0.15, 0.2) is 5.75 Å². The number of carbonyl (C=O) groups excluding carboxylic acids is 4. The van der Waals surface area contributed by atoms with Crippen LogP contribution >= 0.6 is 11.3 Å². The van der Waals surface area contributed by atoms with E-state index in [0.29, 0.717) is 57.7 Å². The quantitative estimate of drug-likeness (QED) is 0.408. The van der Waals surface area contributed by atoms with Crippen LogP contribution in [0.4, 0.5) is 10.5 Å². The lowest BCUT2D eigenvalue weighted by atomic mass is 10.0. The number of benzene rings is 1. The molecule has 1 saturated heterocycles. The van der Waals surface area contributed by atoms with Crippen LogP contribution in [0.15, 0.2) is 23.6 Å². The number of aryl methyl sites for hydroxylation is 1. The largest absolute Gasteiger partial charge is 0.415 e. The normalized spacial score (nSPS) is 17.4. The summed E-state index contributed by atoms with van der Waals surface area (Å²) in [6, 6.07) is 1.99. The maximum Gasteiger partial charge on any atom is 0.415 e. The van der Waals surface area contributed by atoms with Gasteiger partial charge < -0.3 is 19.4 Å². The molecule has 0 N–H and O–H groups in total. The van der Waals surface area contributed by atoms with E-state index in [4.69, 9.17) is 4.74 Å². The molecular weight excluding hydrogens is 492 g/mol. The van der Waals surface area contributed by atoms with Gasteiger partial charge in [0.2, 0.25) is 5.91 Å². The third-order valence-electron chi connectivity index (χ3n) is 7.45. The first-order chi connectivity index (χ1) is 17.8. The van der Waals surface area contributed by atoms with Crippen LogP contribution in [0, 0.1) is 6.92 Å². The van der Waals surface area contributed by atoms with Gasteiger partial charge in [-0.2, -0.15) is 0 Å². The molecule has 0 bridgehead atoms. The lowest BCUT2D eigenvalue weighted by molar-refractivity contribution is -0.137. The number of piperazine rings is 1. The highest BCUT2D eigenvalue weighted by Crippen LogP contribution is 2.44. The molecule has 10 heteroatoms. The van der Waals surface area contributed by atoms with Gasteiger partial charge in [-0.1, -0.05) is 6.42 Å². The zero-order chi connectivity index (χ0) is 26.1. The monoisotopic (exact) mass is 524 g/mol. The molecule has 3 aliphatic rings. The molecular formula is C27H32N4O5S. The van der Waals surface area contributed by atoms with Crippen LogP contribution in [0.2, 0.25) is 0 Å². The molecule has 1 fully saturated rings. The molecule has 37 heavy (non-hydrogen) atoms. The molecule has 0 atom stereocenters. The summed E-state index contributed by atoms with van der Waals surface area (Å²) < 4.78 is 6.93. The molecule has 3 aliphatic heterocycles. The van der Waals surface area contributed by atoms with Crippen molar-refractivity contribution < 1.29 is 23.9 Å². The van der Waals surface area contributed by atoms with E-state index >= 15 is 0 Å². The smallest absolute Gasteiger partial charge is 0.409 e. The lowest BCUT2D eigenvalue weighted by Gasteiger charge is -2.34. The number of carbonyl (C=O) groups is 4. The van der Waals surface area contributed by atoms with E-state index in [0.717, 1.165) is 29.8 Å². The molecule has 0 aliphatic carbocycles. The standard InChI is InChI=1S/C27H32N4O5S/c1-18-17-37-26-21(16-20-19(25(18)26)9-11-28(20)2)36-27(35)30-14-12-29(13-15-30)22(32)6-4-3-5-10-31-23(33)7-8-24(31)34/h7-8,16-17H,3-6,9-15H2,1-2H3. The Morgan fingerprint density at radius 2 is 1.68 bits per heavy atom. The number of nitrogens with zero attached hydrogens (tertiary/aromatic N) is 4. The van der Waals surface area contributed by atoms with E-state index in [-0.39, 0.29) is 23.8 Å². The summed E-state index contributed by atoms with van der Waals surface area (Å²) in [5.41, 5.74) is 3.67. The molecule has 9 nitrogen and oxygen atoms in total. The Kier molecular flexibility index (Phi) is 7.19. The van der Waals surface area contributed by atoms with E-state index in [1.165, 1.54) is 33.6 Å². The van der Waals surface area contributed by atoms with Crippen molar-refractivity contribution >= 4 is 50.9 Å². The zero-order valence-corrected chi connectivity index (χ0v) is 22.1. The molecule has 5 rings (SSSR count). The number of amides is 4. The summed E-state index contributed by atoms with van der Waals surface area (Å²) in [7, 11) is 2.06. The van der Waals surface area contributed by atoms with E-state index in [1.54, 1.807) is 21.1 Å². The van der Waals surface area contributed by atoms with Gasteiger partial charge in [-0.05, 0) is 42.7 Å². The van der Waals surface area contributed by atoms with Crippen molar-refractivity contribution in [3.63, 3.8) is 0 Å². The van der Waals surface area contributed by atoms with Crippen LogP contribution in [-0.2, 0) is 20.8 Å². The Morgan fingerprint density at radius 3 is 2.41 bits per heavy atom. The predicted molar refractivity (Wildman–Crippen MR) is 142 cm³/mol. The first-order valence-electron chi connectivity index (χ1n) is 12.9. The van der Waals surface area contributed by atoms with Crippen molar-refractivity contribution in [1.82, 2.24) is 14.7 Å². The fourth-order valence-corrected chi connectivity index (χ4v) is 6.34. The third-order valence-corrected chi connectivity index (χ3v) is 8.56. The number of fused-ring (bicyclic) bond motifs is 3. The predicted octanol–water partition coefficient (Wildman–Crippen LogP) is 3.33. The molecule has 0 saturated carbocycles. The van der Waals surface area contributed by atoms with Gasteiger partial charge in [-0.3, -0.25) is 19.3 Å². The minimum absolute atomic E-state index is 0.0698. The number of anilines is 1. The number of thiophene rings is 1. The average Bonchev–Trinajstić information content (AvgIpc) is 3.56. The van der Waals surface area contributed by atoms with Crippen molar-refractivity contribution in [2.75, 3.05) is 51.2 Å². The summed E-state index contributed by atoms with van der Waals surface area (Å²) in [4.78, 5) is 55.7. The highest BCUT2D eigenvalue weighted by atomic mass is 32.1. The van der Waals surface area contributed by atoms with E-state index in [1.807, 2.05) is 6.07 Å². The fraction of sp³-hybridized carbons (Fsp3) is 0.481. The van der Waals surface area contributed by atoms with Gasteiger partial charge in [0.1, 0.15) is 0 Å². The first kappa shape index (κ1) is 25.3. The molecule has 0 spiro atoms. The van der Waals surface area contributed by atoms with Crippen LogP contribution in [0.5, 0.6) is 5.75 Å². The number of unbranched alkanes of at least 4 members (excludes halogenated alkanes) is 2. The molecule has 196 valence electrons. The lowest BCUT2D eigenvalue weighted by Crippen LogP contribution is -2.51. The second kappa shape index (κ2) is 10.5. The Labute approximate surface area is 220 Å². The Balaban J connectivity index is 1.09. The first-order valence-corrected chi connectivity index (χ1v) is 13.7. The van der Waals surface area contributed by atoms with Crippen LogP contribution in [0.25, 0.3) is 10.1 Å². The van der Waals surface area contributed by atoms with Crippen molar-refractivity contribution in [3.8, 4) is 5.75 Å². The minimum atomic E-state index is -0.374. The molecule has 0 radical (unpaired) electrons. The van der Waals surface area contributed by atoms with E-state index < -0.39 is 0 Å². The molecule has 4 heterocycles. The molecule has 1 aromatic carbocycles. The van der Waals surface area contributed by atoms with Crippen molar-refractivity contribution in [2.24, 2.45) is 0 Å². The Hall–Kier alpha value is -3.40. The van der Waals surface area contributed by atoms with Crippen LogP contribution in [0.1, 0.15) is 36.8 Å². The number of rotatable bonds is 7. The SMILES string of the molecule is Cc1csc2c(OC(=O)N3CCN(C(=O)CCCCCN4C(=O)C=CC4=O)CC3)cc3c(c12)CCN3C. The number of hydrogen-bond acceptors (Lipinski definition) is 7. The number of hydrogen-bond donors (Lipinski definition) is 0. The van der Waals surface area contributed by atoms with Crippen LogP contribution < -0.4 is 9.64 Å². The van der Waals surface area contributed by atoms with Crippen molar-refractivity contribution in [2.45, 2.75) is 39.0 Å². The summed E-state index contributed by atoms with van der Waals surface area (Å²) in [5.74, 6) is 0.143. The maximum absolute atomic E-state index is 13.0.